The Hall–Kier alpha value is -2.47. The Morgan fingerprint density at radius 2 is 1.92 bits per heavy atom. The number of benzene rings is 1. The van der Waals surface area contributed by atoms with Gasteiger partial charge >= 0.3 is 0 Å². The molecule has 1 amide bonds. The first-order chi connectivity index (χ1) is 11.4. The first kappa shape index (κ1) is 16.4. The maximum atomic E-state index is 13.0. The van der Waals surface area contributed by atoms with E-state index in [9.17, 15) is 14.0 Å². The second kappa shape index (κ2) is 6.20. The van der Waals surface area contributed by atoms with E-state index < -0.39 is 0 Å². The van der Waals surface area contributed by atoms with E-state index in [1.54, 1.807) is 25.4 Å². The molecule has 0 spiro atoms. The molecule has 6 heteroatoms. The van der Waals surface area contributed by atoms with Crippen molar-refractivity contribution < 1.29 is 9.18 Å². The van der Waals surface area contributed by atoms with Gasteiger partial charge in [0.15, 0.2) is 0 Å². The lowest BCUT2D eigenvalue weighted by atomic mass is 10.1. The van der Waals surface area contributed by atoms with Crippen molar-refractivity contribution in [3.63, 3.8) is 0 Å². The van der Waals surface area contributed by atoms with Gasteiger partial charge in [-0.25, -0.2) is 4.39 Å². The Kier molecular flexibility index (Phi) is 4.24. The third kappa shape index (κ3) is 2.85. The van der Waals surface area contributed by atoms with Crippen molar-refractivity contribution in [2.24, 2.45) is 7.05 Å². The molecule has 24 heavy (non-hydrogen) atoms. The molecule has 2 heterocycles. The van der Waals surface area contributed by atoms with E-state index in [1.165, 1.54) is 28.0 Å². The summed E-state index contributed by atoms with van der Waals surface area (Å²) in [6.07, 6.45) is 1.70. The lowest BCUT2D eigenvalue weighted by molar-refractivity contribution is 0.0941. The number of carbonyl (C=O) groups excluding carboxylic acids is 1. The third-order valence-corrected chi connectivity index (χ3v) is 5.11. The molecule has 124 valence electrons. The minimum absolute atomic E-state index is 0.184. The maximum absolute atomic E-state index is 13.0. The minimum Gasteiger partial charge on any atom is -0.345 e. The summed E-state index contributed by atoms with van der Waals surface area (Å²) >= 11 is 1.43. The molecule has 0 radical (unpaired) electrons. The highest BCUT2D eigenvalue weighted by Crippen LogP contribution is 2.28. The second-order valence-corrected chi connectivity index (χ2v) is 7.01. The minimum atomic E-state index is -0.319. The zero-order chi connectivity index (χ0) is 17.4. The summed E-state index contributed by atoms with van der Waals surface area (Å²) in [5.74, 6) is -0.612. The van der Waals surface area contributed by atoms with Gasteiger partial charge in [0.25, 0.3) is 11.5 Å². The van der Waals surface area contributed by atoms with Gasteiger partial charge in [-0.05, 0) is 37.6 Å². The van der Waals surface area contributed by atoms with E-state index >= 15 is 0 Å². The number of carbonyl (C=O) groups is 1. The van der Waals surface area contributed by atoms with E-state index in [2.05, 4.69) is 5.32 Å². The predicted octanol–water partition coefficient (Wildman–Crippen LogP) is 3.54. The fourth-order valence-electron chi connectivity index (χ4n) is 2.70. The lowest BCUT2D eigenvalue weighted by Gasteiger charge is -2.14. The molecule has 1 N–H and O–H groups in total. The third-order valence-electron chi connectivity index (χ3n) is 4.04. The molecule has 0 saturated heterocycles. The van der Waals surface area contributed by atoms with Crippen molar-refractivity contribution in [3.05, 3.63) is 68.7 Å². The Balaban J connectivity index is 1.97. The number of thiophene rings is 1. The van der Waals surface area contributed by atoms with Crippen molar-refractivity contribution >= 4 is 27.3 Å². The number of hydrogen-bond acceptors (Lipinski definition) is 3. The first-order valence-electron chi connectivity index (χ1n) is 7.53. The molecular formula is C18H17FN2O2S. The zero-order valence-corrected chi connectivity index (χ0v) is 14.4. The molecule has 3 aromatic rings. The summed E-state index contributed by atoms with van der Waals surface area (Å²) in [5.41, 5.74) is 1.04. The van der Waals surface area contributed by atoms with E-state index in [4.69, 9.17) is 0 Å². The number of pyridine rings is 1. The smallest absolute Gasteiger partial charge is 0.259 e. The molecule has 4 nitrogen and oxygen atoms in total. The quantitative estimate of drug-likeness (QED) is 0.790. The van der Waals surface area contributed by atoms with Gasteiger partial charge in [-0.3, -0.25) is 9.59 Å². The number of aromatic nitrogens is 1. The van der Waals surface area contributed by atoms with Crippen LogP contribution in [0, 0.1) is 12.7 Å². The lowest BCUT2D eigenvalue weighted by Crippen LogP contribution is -2.28. The molecule has 1 atom stereocenters. The van der Waals surface area contributed by atoms with Crippen molar-refractivity contribution in [1.29, 1.82) is 0 Å². The average molecular weight is 344 g/mol. The van der Waals surface area contributed by atoms with Crippen LogP contribution >= 0.6 is 11.3 Å². The van der Waals surface area contributed by atoms with E-state index in [0.29, 0.717) is 10.9 Å². The molecular weight excluding hydrogens is 327 g/mol. The highest BCUT2D eigenvalue weighted by atomic mass is 32.1. The van der Waals surface area contributed by atoms with Gasteiger partial charge in [-0.2, -0.15) is 0 Å². The second-order valence-electron chi connectivity index (χ2n) is 5.75. The van der Waals surface area contributed by atoms with Crippen LogP contribution < -0.4 is 10.9 Å². The van der Waals surface area contributed by atoms with E-state index in [0.717, 1.165) is 15.1 Å². The number of nitrogens with one attached hydrogen (secondary N) is 1. The summed E-state index contributed by atoms with van der Waals surface area (Å²) in [7, 11) is 1.66. The zero-order valence-electron chi connectivity index (χ0n) is 13.6. The van der Waals surface area contributed by atoms with E-state index in [-0.39, 0.29) is 23.3 Å². The summed E-state index contributed by atoms with van der Waals surface area (Å²) in [4.78, 5) is 25.9. The molecule has 2 aromatic heterocycles. The Bertz CT molecular complexity index is 973. The molecule has 0 bridgehead atoms. The number of rotatable bonds is 3. The van der Waals surface area contributed by atoms with Crippen molar-refractivity contribution in [1.82, 2.24) is 9.88 Å². The van der Waals surface area contributed by atoms with Crippen molar-refractivity contribution in [2.75, 3.05) is 0 Å². The van der Waals surface area contributed by atoms with Gasteiger partial charge in [-0.15, -0.1) is 11.3 Å². The highest BCUT2D eigenvalue weighted by Gasteiger charge is 2.21. The standard InChI is InChI=1S/C18H17FN2O2S/c1-10(12-4-6-13(19)7-5-12)20-17(22)15-11(2)24-14-8-9-21(3)18(23)16(14)15/h4-10H,1-3H3,(H,20,22)/t10-/m0/s1. The molecule has 0 fully saturated rings. The van der Waals surface area contributed by atoms with Gasteiger partial charge in [0.05, 0.1) is 17.0 Å². The number of fused-ring (bicyclic) bond motifs is 1. The van der Waals surface area contributed by atoms with Gasteiger partial charge in [0.1, 0.15) is 5.82 Å². The fraction of sp³-hybridized carbons (Fsp3) is 0.222. The summed E-state index contributed by atoms with van der Waals surface area (Å²) in [5, 5.41) is 3.35. The van der Waals surface area contributed by atoms with Crippen LogP contribution in [0.3, 0.4) is 0 Å². The van der Waals surface area contributed by atoms with Crippen LogP contribution in [0.2, 0.25) is 0 Å². The van der Waals surface area contributed by atoms with Gasteiger partial charge in [0.2, 0.25) is 0 Å². The molecule has 3 rings (SSSR count). The topological polar surface area (TPSA) is 51.1 Å². The number of hydrogen-bond donors (Lipinski definition) is 1. The van der Waals surface area contributed by atoms with Crippen LogP contribution in [0.5, 0.6) is 0 Å². The summed E-state index contributed by atoms with van der Waals surface area (Å²) in [6, 6.07) is 7.54. The molecule has 1 aromatic carbocycles. The number of aryl methyl sites for hydroxylation is 2. The monoisotopic (exact) mass is 344 g/mol. The predicted molar refractivity (Wildman–Crippen MR) is 94.1 cm³/mol. The molecule has 0 aliphatic carbocycles. The van der Waals surface area contributed by atoms with Crippen LogP contribution in [0.1, 0.15) is 33.8 Å². The molecule has 0 saturated carbocycles. The normalized spacial score (nSPS) is 12.3. The van der Waals surface area contributed by atoms with Crippen LogP contribution in [-0.2, 0) is 7.05 Å². The summed E-state index contributed by atoms with van der Waals surface area (Å²) < 4.78 is 15.3. The Morgan fingerprint density at radius 1 is 1.25 bits per heavy atom. The number of halogens is 1. The van der Waals surface area contributed by atoms with Crippen LogP contribution in [-0.4, -0.2) is 10.5 Å². The summed E-state index contributed by atoms with van der Waals surface area (Å²) in [6.45, 7) is 3.66. The Morgan fingerprint density at radius 3 is 2.58 bits per heavy atom. The SMILES string of the molecule is Cc1sc2ccn(C)c(=O)c2c1C(=O)N[C@@H](C)c1ccc(F)cc1. The van der Waals surface area contributed by atoms with Crippen molar-refractivity contribution in [3.8, 4) is 0 Å². The largest absolute Gasteiger partial charge is 0.345 e. The van der Waals surface area contributed by atoms with Gasteiger partial charge < -0.3 is 9.88 Å². The first-order valence-corrected chi connectivity index (χ1v) is 8.35. The van der Waals surface area contributed by atoms with Gasteiger partial charge in [-0.1, -0.05) is 12.1 Å². The van der Waals surface area contributed by atoms with Crippen molar-refractivity contribution in [2.45, 2.75) is 19.9 Å². The van der Waals surface area contributed by atoms with Crippen LogP contribution in [0.4, 0.5) is 4.39 Å². The molecule has 0 aliphatic rings. The number of nitrogens with zero attached hydrogens (tertiary/aromatic N) is 1. The van der Waals surface area contributed by atoms with Crippen LogP contribution in [0.25, 0.3) is 10.1 Å². The fourth-order valence-corrected chi connectivity index (χ4v) is 3.74. The van der Waals surface area contributed by atoms with E-state index in [1.807, 2.05) is 19.9 Å². The van der Waals surface area contributed by atoms with Gasteiger partial charge in [0, 0.05) is 22.8 Å². The molecule has 0 unspecified atom stereocenters. The maximum Gasteiger partial charge on any atom is 0.259 e. The number of amides is 1. The highest BCUT2D eigenvalue weighted by molar-refractivity contribution is 7.19. The average Bonchev–Trinajstić information content (AvgIpc) is 2.88. The molecule has 0 aliphatic heterocycles. The Labute approximate surface area is 142 Å². The van der Waals surface area contributed by atoms with Crippen LogP contribution in [0.15, 0.2) is 41.3 Å².